The summed E-state index contributed by atoms with van der Waals surface area (Å²) < 4.78 is 2.49. The molecule has 0 atom stereocenters. The molecule has 2 aromatic rings. The van der Waals surface area contributed by atoms with Crippen LogP contribution in [0.15, 0.2) is 34.9 Å². The standard InChI is InChI=1S/C10H8BrN3O2.C2H6/c1-13-10(9(11)6-12-13)7-3-2-4-8(5-7)14(15)16;1-2/h2-6H,1H3;1-2H3. The third-order valence-electron chi connectivity index (χ3n) is 2.22. The summed E-state index contributed by atoms with van der Waals surface area (Å²) in [6, 6.07) is 6.47. The molecule has 0 aliphatic rings. The smallest absolute Gasteiger partial charge is 0.267 e. The molecule has 0 spiro atoms. The minimum absolute atomic E-state index is 0.0746. The number of nitro groups is 1. The summed E-state index contributed by atoms with van der Waals surface area (Å²) in [6.07, 6.45) is 1.66. The van der Waals surface area contributed by atoms with E-state index >= 15 is 0 Å². The maximum atomic E-state index is 10.7. The summed E-state index contributed by atoms with van der Waals surface area (Å²) in [6.45, 7) is 4.00. The molecule has 0 N–H and O–H groups in total. The van der Waals surface area contributed by atoms with Crippen LogP contribution in [-0.4, -0.2) is 14.7 Å². The molecule has 0 fully saturated rings. The molecule has 0 saturated heterocycles. The van der Waals surface area contributed by atoms with Gasteiger partial charge >= 0.3 is 0 Å². The van der Waals surface area contributed by atoms with Crippen LogP contribution in [0.4, 0.5) is 5.69 Å². The number of aryl methyl sites for hydroxylation is 1. The highest BCUT2D eigenvalue weighted by molar-refractivity contribution is 9.10. The van der Waals surface area contributed by atoms with Crippen LogP contribution in [0, 0.1) is 10.1 Å². The molecule has 0 aliphatic carbocycles. The van der Waals surface area contributed by atoms with Gasteiger partial charge in [-0.1, -0.05) is 26.0 Å². The van der Waals surface area contributed by atoms with E-state index in [1.165, 1.54) is 12.1 Å². The van der Waals surface area contributed by atoms with Gasteiger partial charge in [0.15, 0.2) is 0 Å². The lowest BCUT2D eigenvalue weighted by molar-refractivity contribution is -0.384. The van der Waals surface area contributed by atoms with Crippen molar-refractivity contribution >= 4 is 21.6 Å². The Morgan fingerprint density at radius 1 is 1.39 bits per heavy atom. The summed E-state index contributed by atoms with van der Waals surface area (Å²) >= 11 is 3.36. The fourth-order valence-corrected chi connectivity index (χ4v) is 2.08. The van der Waals surface area contributed by atoms with Crippen molar-refractivity contribution in [3.63, 3.8) is 0 Å². The van der Waals surface area contributed by atoms with E-state index in [9.17, 15) is 10.1 Å². The Hall–Kier alpha value is -1.69. The Balaban J connectivity index is 0.000000771. The molecule has 0 amide bonds. The van der Waals surface area contributed by atoms with E-state index in [1.54, 1.807) is 24.0 Å². The Bertz CT molecular complexity index is 533. The highest BCUT2D eigenvalue weighted by Crippen LogP contribution is 2.29. The van der Waals surface area contributed by atoms with Gasteiger partial charge in [0.1, 0.15) is 0 Å². The van der Waals surface area contributed by atoms with Crippen LogP contribution in [0.1, 0.15) is 13.8 Å². The van der Waals surface area contributed by atoms with Gasteiger partial charge in [-0.05, 0) is 15.9 Å². The summed E-state index contributed by atoms with van der Waals surface area (Å²) in [7, 11) is 1.79. The quantitative estimate of drug-likeness (QED) is 0.626. The summed E-state index contributed by atoms with van der Waals surface area (Å²) in [5, 5.41) is 14.7. The van der Waals surface area contributed by atoms with E-state index in [0.717, 1.165) is 15.7 Å². The SMILES string of the molecule is CC.Cn1ncc(Br)c1-c1cccc([N+](=O)[O-])c1. The summed E-state index contributed by atoms with van der Waals surface area (Å²) in [5.74, 6) is 0. The first-order valence-electron chi connectivity index (χ1n) is 5.52. The molecule has 1 aromatic heterocycles. The van der Waals surface area contributed by atoms with E-state index in [4.69, 9.17) is 0 Å². The van der Waals surface area contributed by atoms with Gasteiger partial charge < -0.3 is 0 Å². The lowest BCUT2D eigenvalue weighted by Crippen LogP contribution is -1.94. The third-order valence-corrected chi connectivity index (χ3v) is 2.80. The molecule has 5 nitrogen and oxygen atoms in total. The molecular formula is C12H14BrN3O2. The Kier molecular flexibility index (Phi) is 5.03. The second-order valence-corrected chi connectivity index (χ2v) is 4.13. The monoisotopic (exact) mass is 311 g/mol. The maximum Gasteiger partial charge on any atom is 0.270 e. The maximum absolute atomic E-state index is 10.7. The van der Waals surface area contributed by atoms with Crippen LogP contribution >= 0.6 is 15.9 Å². The Morgan fingerprint density at radius 3 is 2.56 bits per heavy atom. The number of rotatable bonds is 2. The second kappa shape index (κ2) is 6.30. The van der Waals surface area contributed by atoms with Crippen molar-refractivity contribution in [1.82, 2.24) is 9.78 Å². The topological polar surface area (TPSA) is 61.0 Å². The van der Waals surface area contributed by atoms with Crippen LogP contribution in [0.2, 0.25) is 0 Å². The Labute approximate surface area is 114 Å². The highest BCUT2D eigenvalue weighted by atomic mass is 79.9. The summed E-state index contributed by atoms with van der Waals surface area (Å²) in [5.41, 5.74) is 1.66. The molecule has 1 heterocycles. The van der Waals surface area contributed by atoms with Crippen LogP contribution < -0.4 is 0 Å². The molecular weight excluding hydrogens is 298 g/mol. The van der Waals surface area contributed by atoms with Gasteiger partial charge in [-0.15, -0.1) is 0 Å². The average molecular weight is 312 g/mol. The van der Waals surface area contributed by atoms with Gasteiger partial charge in [0.2, 0.25) is 0 Å². The van der Waals surface area contributed by atoms with Crippen molar-refractivity contribution in [2.45, 2.75) is 13.8 Å². The molecule has 96 valence electrons. The molecule has 2 rings (SSSR count). The van der Waals surface area contributed by atoms with Crippen LogP contribution in [0.5, 0.6) is 0 Å². The average Bonchev–Trinajstić information content (AvgIpc) is 2.71. The lowest BCUT2D eigenvalue weighted by Gasteiger charge is -2.02. The predicted octanol–water partition coefficient (Wildman–Crippen LogP) is 3.78. The van der Waals surface area contributed by atoms with Gasteiger partial charge in [-0.25, -0.2) is 0 Å². The van der Waals surface area contributed by atoms with E-state index in [-0.39, 0.29) is 5.69 Å². The minimum Gasteiger partial charge on any atom is -0.267 e. The predicted molar refractivity (Wildman–Crippen MR) is 74.3 cm³/mol. The first-order chi connectivity index (χ1) is 8.59. The first kappa shape index (κ1) is 14.4. The molecule has 0 unspecified atom stereocenters. The van der Waals surface area contributed by atoms with E-state index in [1.807, 2.05) is 19.9 Å². The lowest BCUT2D eigenvalue weighted by atomic mass is 10.1. The second-order valence-electron chi connectivity index (χ2n) is 3.27. The van der Waals surface area contributed by atoms with Crippen molar-refractivity contribution in [1.29, 1.82) is 0 Å². The number of hydrogen-bond donors (Lipinski definition) is 0. The fraction of sp³-hybridized carbons (Fsp3) is 0.250. The number of nitrogens with zero attached hydrogens (tertiary/aromatic N) is 3. The van der Waals surface area contributed by atoms with Crippen LogP contribution in [0.3, 0.4) is 0 Å². The van der Waals surface area contributed by atoms with Crippen molar-refractivity contribution < 1.29 is 4.92 Å². The van der Waals surface area contributed by atoms with E-state index < -0.39 is 4.92 Å². The minimum atomic E-state index is -0.409. The number of halogens is 1. The van der Waals surface area contributed by atoms with Crippen molar-refractivity contribution in [3.8, 4) is 11.3 Å². The molecule has 0 radical (unpaired) electrons. The van der Waals surface area contributed by atoms with Crippen molar-refractivity contribution in [2.75, 3.05) is 0 Å². The van der Waals surface area contributed by atoms with Crippen molar-refractivity contribution in [3.05, 3.63) is 45.0 Å². The zero-order chi connectivity index (χ0) is 13.7. The third kappa shape index (κ3) is 2.95. The molecule has 0 aliphatic heterocycles. The molecule has 0 saturated carbocycles. The summed E-state index contributed by atoms with van der Waals surface area (Å²) in [4.78, 5) is 10.3. The van der Waals surface area contributed by atoms with E-state index in [0.29, 0.717) is 0 Å². The van der Waals surface area contributed by atoms with Crippen LogP contribution in [0.25, 0.3) is 11.3 Å². The number of non-ortho nitro benzene ring substituents is 1. The Morgan fingerprint density at radius 2 is 2.06 bits per heavy atom. The van der Waals surface area contributed by atoms with Crippen molar-refractivity contribution in [2.24, 2.45) is 7.05 Å². The number of aromatic nitrogens is 2. The first-order valence-corrected chi connectivity index (χ1v) is 6.31. The zero-order valence-electron chi connectivity index (χ0n) is 10.4. The molecule has 1 aromatic carbocycles. The largest absolute Gasteiger partial charge is 0.270 e. The number of benzene rings is 1. The molecule has 6 heteroatoms. The normalized spacial score (nSPS) is 9.56. The van der Waals surface area contributed by atoms with Gasteiger partial charge in [0, 0.05) is 24.7 Å². The van der Waals surface area contributed by atoms with Gasteiger partial charge in [-0.2, -0.15) is 5.10 Å². The van der Waals surface area contributed by atoms with Gasteiger partial charge in [0.05, 0.1) is 21.3 Å². The fourth-order valence-electron chi connectivity index (χ4n) is 1.50. The molecule has 0 bridgehead atoms. The van der Waals surface area contributed by atoms with Gasteiger partial charge in [-0.3, -0.25) is 14.8 Å². The zero-order valence-corrected chi connectivity index (χ0v) is 12.0. The van der Waals surface area contributed by atoms with Gasteiger partial charge in [0.25, 0.3) is 5.69 Å². The van der Waals surface area contributed by atoms with Crippen LogP contribution in [-0.2, 0) is 7.05 Å². The molecule has 18 heavy (non-hydrogen) atoms. The number of nitro benzene ring substituents is 1. The number of hydrogen-bond acceptors (Lipinski definition) is 3. The van der Waals surface area contributed by atoms with E-state index in [2.05, 4.69) is 21.0 Å². The highest BCUT2D eigenvalue weighted by Gasteiger charge is 2.12.